The third-order valence-corrected chi connectivity index (χ3v) is 6.21. The summed E-state index contributed by atoms with van der Waals surface area (Å²) in [7, 11) is 3.95. The van der Waals surface area contributed by atoms with Gasteiger partial charge in [0.1, 0.15) is 11.9 Å². The van der Waals surface area contributed by atoms with E-state index in [1.165, 1.54) is 12.1 Å². The Labute approximate surface area is 210 Å². The van der Waals surface area contributed by atoms with E-state index in [0.29, 0.717) is 38.4 Å². The fourth-order valence-corrected chi connectivity index (χ4v) is 4.14. The molecule has 1 saturated heterocycles. The lowest BCUT2D eigenvalue weighted by Crippen LogP contribution is -2.34. The van der Waals surface area contributed by atoms with Crippen LogP contribution in [0.15, 0.2) is 60.8 Å². The molecule has 0 unspecified atom stereocenters. The van der Waals surface area contributed by atoms with E-state index in [1.807, 2.05) is 56.3 Å². The predicted octanol–water partition coefficient (Wildman–Crippen LogP) is 3.86. The first-order chi connectivity index (χ1) is 17.3. The number of halogens is 1. The van der Waals surface area contributed by atoms with E-state index in [4.69, 9.17) is 4.74 Å². The van der Waals surface area contributed by atoms with Crippen molar-refractivity contribution >= 4 is 17.5 Å². The SMILES string of the molecule is Cc1ccc(O[C@@H]2CCN(C(=O)c3ccc(F)cc3C(=O)NCCc3ccc(N(C)C)cc3)C2)nc1. The van der Waals surface area contributed by atoms with Gasteiger partial charge in [-0.05, 0) is 54.8 Å². The summed E-state index contributed by atoms with van der Waals surface area (Å²) in [6.07, 6.45) is 2.81. The molecule has 1 aliphatic rings. The van der Waals surface area contributed by atoms with Gasteiger partial charge in [-0.15, -0.1) is 0 Å². The van der Waals surface area contributed by atoms with Crippen LogP contribution in [0.2, 0.25) is 0 Å². The first-order valence-corrected chi connectivity index (χ1v) is 12.0. The van der Waals surface area contributed by atoms with Gasteiger partial charge >= 0.3 is 0 Å². The van der Waals surface area contributed by atoms with Gasteiger partial charge in [-0.25, -0.2) is 9.37 Å². The highest BCUT2D eigenvalue weighted by Crippen LogP contribution is 2.21. The van der Waals surface area contributed by atoms with Crippen LogP contribution in [0.4, 0.5) is 10.1 Å². The largest absolute Gasteiger partial charge is 0.472 e. The fraction of sp³-hybridized carbons (Fsp3) is 0.321. The number of pyridine rings is 1. The van der Waals surface area contributed by atoms with Crippen LogP contribution in [0.25, 0.3) is 0 Å². The summed E-state index contributed by atoms with van der Waals surface area (Å²) in [6.45, 7) is 3.17. The molecule has 3 aromatic rings. The number of amides is 2. The van der Waals surface area contributed by atoms with E-state index in [2.05, 4.69) is 10.3 Å². The highest BCUT2D eigenvalue weighted by atomic mass is 19.1. The number of likely N-dealkylation sites (tertiary alicyclic amines) is 1. The lowest BCUT2D eigenvalue weighted by atomic mass is 10.0. The normalized spacial score (nSPS) is 15.0. The van der Waals surface area contributed by atoms with Crippen LogP contribution in [-0.4, -0.2) is 61.5 Å². The van der Waals surface area contributed by atoms with Gasteiger partial charge in [0, 0.05) is 51.6 Å². The number of ether oxygens (including phenoxy) is 1. The molecule has 0 saturated carbocycles. The van der Waals surface area contributed by atoms with E-state index in [-0.39, 0.29) is 23.1 Å². The number of carbonyl (C=O) groups excluding carboxylic acids is 2. The molecule has 0 aliphatic carbocycles. The second kappa shape index (κ2) is 11.2. The number of aromatic nitrogens is 1. The van der Waals surface area contributed by atoms with Crippen molar-refractivity contribution in [2.75, 3.05) is 38.6 Å². The van der Waals surface area contributed by atoms with Gasteiger partial charge < -0.3 is 19.9 Å². The van der Waals surface area contributed by atoms with Gasteiger partial charge in [-0.2, -0.15) is 0 Å². The number of hydrogen-bond acceptors (Lipinski definition) is 5. The molecule has 7 nitrogen and oxygen atoms in total. The van der Waals surface area contributed by atoms with Crippen molar-refractivity contribution < 1.29 is 18.7 Å². The Morgan fingerprint density at radius 3 is 2.58 bits per heavy atom. The average molecular weight is 491 g/mol. The number of hydrogen-bond donors (Lipinski definition) is 1. The van der Waals surface area contributed by atoms with Crippen LogP contribution >= 0.6 is 0 Å². The van der Waals surface area contributed by atoms with E-state index >= 15 is 0 Å². The van der Waals surface area contributed by atoms with Crippen molar-refractivity contribution in [3.63, 3.8) is 0 Å². The maximum Gasteiger partial charge on any atom is 0.254 e. The summed E-state index contributed by atoms with van der Waals surface area (Å²) < 4.78 is 19.9. The fourth-order valence-electron chi connectivity index (χ4n) is 4.14. The Bertz CT molecular complexity index is 1210. The van der Waals surface area contributed by atoms with E-state index in [9.17, 15) is 14.0 Å². The number of nitrogens with one attached hydrogen (secondary N) is 1. The highest BCUT2D eigenvalue weighted by molar-refractivity contribution is 6.07. The number of aryl methyl sites for hydroxylation is 1. The molecule has 188 valence electrons. The van der Waals surface area contributed by atoms with Crippen molar-refractivity contribution in [1.29, 1.82) is 0 Å². The maximum atomic E-state index is 14.0. The molecule has 1 fully saturated rings. The molecule has 2 amide bonds. The minimum absolute atomic E-state index is 0.0347. The lowest BCUT2D eigenvalue weighted by molar-refractivity contribution is 0.0764. The molecule has 4 rings (SSSR count). The highest BCUT2D eigenvalue weighted by Gasteiger charge is 2.30. The van der Waals surface area contributed by atoms with Crippen LogP contribution in [0.1, 0.15) is 38.3 Å². The zero-order valence-electron chi connectivity index (χ0n) is 20.8. The number of anilines is 1. The van der Waals surface area contributed by atoms with E-state index < -0.39 is 11.7 Å². The van der Waals surface area contributed by atoms with Crippen LogP contribution in [0, 0.1) is 12.7 Å². The van der Waals surface area contributed by atoms with Crippen molar-refractivity contribution in [3.05, 3.63) is 88.9 Å². The Morgan fingerprint density at radius 1 is 1.11 bits per heavy atom. The zero-order chi connectivity index (χ0) is 25.7. The van der Waals surface area contributed by atoms with Crippen molar-refractivity contribution in [2.45, 2.75) is 25.9 Å². The molecule has 0 bridgehead atoms. The van der Waals surface area contributed by atoms with E-state index in [0.717, 1.165) is 22.9 Å². The summed E-state index contributed by atoms with van der Waals surface area (Å²) >= 11 is 0. The van der Waals surface area contributed by atoms with Crippen molar-refractivity contribution in [2.24, 2.45) is 0 Å². The molecule has 1 atom stereocenters. The average Bonchev–Trinajstić information content (AvgIpc) is 3.33. The Hall–Kier alpha value is -3.94. The molecular weight excluding hydrogens is 459 g/mol. The van der Waals surface area contributed by atoms with Crippen LogP contribution in [0.5, 0.6) is 5.88 Å². The first-order valence-electron chi connectivity index (χ1n) is 12.0. The van der Waals surface area contributed by atoms with Crippen molar-refractivity contribution in [1.82, 2.24) is 15.2 Å². The second-order valence-corrected chi connectivity index (χ2v) is 9.21. The monoisotopic (exact) mass is 490 g/mol. The van der Waals surface area contributed by atoms with Crippen LogP contribution < -0.4 is 15.0 Å². The summed E-state index contributed by atoms with van der Waals surface area (Å²) in [5.74, 6) is -0.844. The Balaban J connectivity index is 1.37. The van der Waals surface area contributed by atoms with E-state index in [1.54, 1.807) is 17.2 Å². The first kappa shape index (κ1) is 25.2. The molecule has 1 N–H and O–H groups in total. The molecule has 2 heterocycles. The molecule has 2 aromatic carbocycles. The number of carbonyl (C=O) groups is 2. The smallest absolute Gasteiger partial charge is 0.254 e. The number of rotatable bonds is 8. The van der Waals surface area contributed by atoms with Gasteiger partial charge in [0.05, 0.1) is 17.7 Å². The zero-order valence-corrected chi connectivity index (χ0v) is 20.8. The number of nitrogens with zero attached hydrogens (tertiary/aromatic N) is 3. The summed E-state index contributed by atoms with van der Waals surface area (Å²) in [4.78, 5) is 34.1. The standard InChI is InChI=1S/C28H31FN4O3/c1-19-4-11-26(31-17-19)36-23-13-15-33(18-23)28(35)24-10-7-21(29)16-25(24)27(34)30-14-12-20-5-8-22(9-6-20)32(2)3/h4-11,16-17,23H,12-15,18H2,1-3H3,(H,30,34)/t23-/m1/s1. The van der Waals surface area contributed by atoms with Gasteiger partial charge in [0.15, 0.2) is 0 Å². The minimum atomic E-state index is -0.566. The molecular formula is C28H31FN4O3. The Morgan fingerprint density at radius 2 is 1.89 bits per heavy atom. The lowest BCUT2D eigenvalue weighted by Gasteiger charge is -2.19. The second-order valence-electron chi connectivity index (χ2n) is 9.21. The summed E-state index contributed by atoms with van der Waals surface area (Å²) in [6, 6.07) is 15.5. The van der Waals surface area contributed by atoms with Crippen LogP contribution in [0.3, 0.4) is 0 Å². The van der Waals surface area contributed by atoms with Gasteiger partial charge in [-0.1, -0.05) is 18.2 Å². The molecule has 0 spiro atoms. The summed E-state index contributed by atoms with van der Waals surface area (Å²) in [5, 5.41) is 2.82. The molecule has 36 heavy (non-hydrogen) atoms. The third-order valence-electron chi connectivity index (χ3n) is 6.21. The third kappa shape index (κ3) is 6.19. The minimum Gasteiger partial charge on any atom is -0.472 e. The van der Waals surface area contributed by atoms with Gasteiger partial charge in [-0.3, -0.25) is 9.59 Å². The maximum absolute atomic E-state index is 14.0. The number of benzene rings is 2. The van der Waals surface area contributed by atoms with Gasteiger partial charge in [0.25, 0.3) is 11.8 Å². The molecule has 0 radical (unpaired) electrons. The molecule has 8 heteroatoms. The van der Waals surface area contributed by atoms with Gasteiger partial charge in [0.2, 0.25) is 5.88 Å². The molecule has 1 aromatic heterocycles. The van der Waals surface area contributed by atoms with Crippen molar-refractivity contribution in [3.8, 4) is 5.88 Å². The topological polar surface area (TPSA) is 74.8 Å². The molecule has 1 aliphatic heterocycles. The Kier molecular flexibility index (Phi) is 7.83. The quantitative estimate of drug-likeness (QED) is 0.519. The van der Waals surface area contributed by atoms with Crippen LogP contribution in [-0.2, 0) is 6.42 Å². The predicted molar refractivity (Wildman–Crippen MR) is 137 cm³/mol. The summed E-state index contributed by atoms with van der Waals surface area (Å²) in [5.41, 5.74) is 3.42.